The first-order chi connectivity index (χ1) is 8.38. The molecule has 2 saturated heterocycles. The van der Waals surface area contributed by atoms with Gasteiger partial charge in [0.25, 0.3) is 0 Å². The first kappa shape index (κ1) is 13.7. The summed E-state index contributed by atoms with van der Waals surface area (Å²) in [6.07, 6.45) is 6.89. The molecule has 3 rings (SSSR count). The van der Waals surface area contributed by atoms with Gasteiger partial charge in [-0.2, -0.15) is 0 Å². The quantitative estimate of drug-likeness (QED) is 0.808. The number of ether oxygens (including phenoxy) is 1. The van der Waals surface area contributed by atoms with Gasteiger partial charge in [-0.25, -0.2) is 0 Å². The van der Waals surface area contributed by atoms with Crippen molar-refractivity contribution in [2.75, 3.05) is 13.7 Å². The summed E-state index contributed by atoms with van der Waals surface area (Å²) >= 11 is 0. The number of halogens is 1. The second-order valence-corrected chi connectivity index (χ2v) is 5.26. The van der Waals surface area contributed by atoms with Crippen molar-refractivity contribution in [1.29, 1.82) is 0 Å². The fourth-order valence-corrected chi connectivity index (χ4v) is 3.47. The van der Waals surface area contributed by atoms with Crippen LogP contribution in [-0.2, 0) is 0 Å². The van der Waals surface area contributed by atoms with Crippen molar-refractivity contribution in [2.45, 2.75) is 44.2 Å². The van der Waals surface area contributed by atoms with E-state index in [0.29, 0.717) is 6.04 Å². The van der Waals surface area contributed by atoms with Crippen molar-refractivity contribution < 1.29 is 4.74 Å². The fourth-order valence-electron chi connectivity index (χ4n) is 3.47. The predicted molar refractivity (Wildman–Crippen MR) is 76.6 cm³/mol. The third-order valence-electron chi connectivity index (χ3n) is 4.32. The summed E-state index contributed by atoms with van der Waals surface area (Å²) in [5.74, 6) is 0.989. The van der Waals surface area contributed by atoms with Gasteiger partial charge < -0.3 is 4.74 Å². The Kier molecular flexibility index (Phi) is 4.52. The molecule has 2 heterocycles. The summed E-state index contributed by atoms with van der Waals surface area (Å²) in [5, 5.41) is 0. The van der Waals surface area contributed by atoms with Gasteiger partial charge >= 0.3 is 0 Å². The van der Waals surface area contributed by atoms with Crippen LogP contribution in [0.15, 0.2) is 24.3 Å². The Balaban J connectivity index is 0.00000120. The van der Waals surface area contributed by atoms with Gasteiger partial charge in [0, 0.05) is 12.1 Å². The molecule has 0 N–H and O–H groups in total. The van der Waals surface area contributed by atoms with Crippen molar-refractivity contribution in [3.05, 3.63) is 29.8 Å². The molecule has 2 atom stereocenters. The first-order valence-corrected chi connectivity index (χ1v) is 6.78. The minimum Gasteiger partial charge on any atom is -0.497 e. The molecular weight excluding hydrogens is 246 g/mol. The van der Waals surface area contributed by atoms with Crippen LogP contribution in [0.2, 0.25) is 0 Å². The standard InChI is InChI=1S/C15H21NO.ClH/c1-17-14-7-4-5-12(11-14)15-9-8-13-6-2-3-10-16(13)15;/h4-5,7,11,13,15H,2-3,6,8-10H2,1H3;1H/t13-,15-;/m1./s1. The smallest absolute Gasteiger partial charge is 0.119 e. The van der Waals surface area contributed by atoms with Crippen molar-refractivity contribution in [1.82, 2.24) is 4.90 Å². The zero-order chi connectivity index (χ0) is 11.7. The molecule has 0 spiro atoms. The first-order valence-electron chi connectivity index (χ1n) is 6.78. The van der Waals surface area contributed by atoms with Gasteiger partial charge in [0.1, 0.15) is 5.75 Å². The zero-order valence-electron chi connectivity index (χ0n) is 11.0. The number of piperidine rings is 1. The molecule has 18 heavy (non-hydrogen) atoms. The molecule has 0 aromatic heterocycles. The Morgan fingerprint density at radius 2 is 2.06 bits per heavy atom. The Morgan fingerprint density at radius 1 is 1.17 bits per heavy atom. The van der Waals surface area contributed by atoms with E-state index in [0.717, 1.165) is 11.8 Å². The monoisotopic (exact) mass is 267 g/mol. The number of hydrogen-bond donors (Lipinski definition) is 0. The highest BCUT2D eigenvalue weighted by molar-refractivity contribution is 5.85. The highest BCUT2D eigenvalue weighted by Crippen LogP contribution is 2.40. The van der Waals surface area contributed by atoms with Crippen LogP contribution >= 0.6 is 12.4 Å². The van der Waals surface area contributed by atoms with Crippen LogP contribution in [0, 0.1) is 0 Å². The maximum absolute atomic E-state index is 5.33. The van der Waals surface area contributed by atoms with E-state index in [4.69, 9.17) is 4.74 Å². The van der Waals surface area contributed by atoms with Crippen LogP contribution in [0.25, 0.3) is 0 Å². The lowest BCUT2D eigenvalue weighted by Gasteiger charge is -2.34. The highest BCUT2D eigenvalue weighted by atomic mass is 35.5. The number of hydrogen-bond acceptors (Lipinski definition) is 2. The largest absolute Gasteiger partial charge is 0.497 e. The summed E-state index contributed by atoms with van der Waals surface area (Å²) in [5.41, 5.74) is 1.44. The van der Waals surface area contributed by atoms with E-state index in [1.165, 1.54) is 44.2 Å². The Hall–Kier alpha value is -0.730. The number of rotatable bonds is 2. The summed E-state index contributed by atoms with van der Waals surface area (Å²) < 4.78 is 5.33. The minimum absolute atomic E-state index is 0. The van der Waals surface area contributed by atoms with E-state index < -0.39 is 0 Å². The van der Waals surface area contributed by atoms with Crippen LogP contribution in [-0.4, -0.2) is 24.6 Å². The van der Waals surface area contributed by atoms with Crippen molar-refractivity contribution >= 4 is 12.4 Å². The molecule has 0 aliphatic carbocycles. The van der Waals surface area contributed by atoms with E-state index in [9.17, 15) is 0 Å². The Labute approximate surface area is 116 Å². The van der Waals surface area contributed by atoms with Crippen LogP contribution in [0.4, 0.5) is 0 Å². The van der Waals surface area contributed by atoms with Gasteiger partial charge in [-0.15, -0.1) is 12.4 Å². The van der Waals surface area contributed by atoms with Gasteiger partial charge in [-0.05, 0) is 49.9 Å². The van der Waals surface area contributed by atoms with E-state index in [1.54, 1.807) is 7.11 Å². The molecule has 0 bridgehead atoms. The maximum atomic E-state index is 5.33. The lowest BCUT2D eigenvalue weighted by Crippen LogP contribution is -2.35. The van der Waals surface area contributed by atoms with Crippen molar-refractivity contribution in [2.24, 2.45) is 0 Å². The SMILES string of the molecule is COc1cccc([C@H]2CC[C@H]3CCCCN32)c1.Cl. The number of methoxy groups -OCH3 is 1. The van der Waals surface area contributed by atoms with Gasteiger partial charge in [-0.1, -0.05) is 18.6 Å². The van der Waals surface area contributed by atoms with E-state index in [-0.39, 0.29) is 12.4 Å². The van der Waals surface area contributed by atoms with Crippen molar-refractivity contribution in [3.8, 4) is 5.75 Å². The van der Waals surface area contributed by atoms with Crippen LogP contribution in [0.3, 0.4) is 0 Å². The number of nitrogens with zero attached hydrogens (tertiary/aromatic N) is 1. The third-order valence-corrected chi connectivity index (χ3v) is 4.32. The molecule has 0 saturated carbocycles. The Morgan fingerprint density at radius 3 is 2.89 bits per heavy atom. The van der Waals surface area contributed by atoms with Crippen LogP contribution in [0.5, 0.6) is 5.75 Å². The van der Waals surface area contributed by atoms with E-state index in [1.807, 2.05) is 6.07 Å². The Bertz CT molecular complexity index is 396. The molecule has 0 amide bonds. The zero-order valence-corrected chi connectivity index (χ0v) is 11.8. The predicted octanol–water partition coefficient (Wildman–Crippen LogP) is 3.81. The van der Waals surface area contributed by atoms with Crippen LogP contribution < -0.4 is 4.74 Å². The van der Waals surface area contributed by atoms with Crippen molar-refractivity contribution in [3.63, 3.8) is 0 Å². The van der Waals surface area contributed by atoms with E-state index in [2.05, 4.69) is 23.1 Å². The molecule has 1 aromatic carbocycles. The van der Waals surface area contributed by atoms with Gasteiger partial charge in [0.05, 0.1) is 7.11 Å². The number of fused-ring (bicyclic) bond motifs is 1. The summed E-state index contributed by atoms with van der Waals surface area (Å²) in [7, 11) is 1.75. The molecule has 0 unspecified atom stereocenters. The molecule has 2 nitrogen and oxygen atoms in total. The van der Waals surface area contributed by atoms with Gasteiger partial charge in [0.2, 0.25) is 0 Å². The average Bonchev–Trinajstić information content (AvgIpc) is 2.82. The average molecular weight is 268 g/mol. The summed E-state index contributed by atoms with van der Waals surface area (Å²) in [6, 6.07) is 10.1. The highest BCUT2D eigenvalue weighted by Gasteiger charge is 2.35. The molecule has 1 aromatic rings. The summed E-state index contributed by atoms with van der Waals surface area (Å²) in [6.45, 7) is 1.28. The second-order valence-electron chi connectivity index (χ2n) is 5.26. The lowest BCUT2D eigenvalue weighted by molar-refractivity contribution is 0.150. The molecule has 0 radical (unpaired) electrons. The third kappa shape index (κ3) is 2.50. The van der Waals surface area contributed by atoms with Crippen LogP contribution in [0.1, 0.15) is 43.7 Å². The molecule has 3 heteroatoms. The normalized spacial score (nSPS) is 27.4. The fraction of sp³-hybridized carbons (Fsp3) is 0.600. The van der Waals surface area contributed by atoms with Gasteiger partial charge in [0.15, 0.2) is 0 Å². The molecular formula is C15H22ClNO. The topological polar surface area (TPSA) is 12.5 Å². The minimum atomic E-state index is 0. The van der Waals surface area contributed by atoms with Gasteiger partial charge in [-0.3, -0.25) is 4.90 Å². The lowest BCUT2D eigenvalue weighted by atomic mass is 10.0. The number of benzene rings is 1. The molecule has 2 aliphatic rings. The summed E-state index contributed by atoms with van der Waals surface area (Å²) in [4.78, 5) is 2.72. The molecule has 2 fully saturated rings. The second kappa shape index (κ2) is 5.94. The van der Waals surface area contributed by atoms with E-state index >= 15 is 0 Å². The maximum Gasteiger partial charge on any atom is 0.119 e. The molecule has 100 valence electrons. The molecule has 2 aliphatic heterocycles.